The Kier molecular flexibility index (Phi) is 19.6. The Hall–Kier alpha value is -6.49. The topological polar surface area (TPSA) is 68.8 Å². The molecular formula is C78H92F2HfN2O4Si-2. The van der Waals surface area contributed by atoms with E-state index in [4.69, 9.17) is 9.47 Å². The number of phenolic OH excluding ortho intramolecular Hbond substituents is 2. The molecule has 88 heavy (non-hydrogen) atoms. The molecular weight excluding hydrogens is 1270 g/mol. The van der Waals surface area contributed by atoms with Crippen molar-refractivity contribution in [1.82, 2.24) is 9.13 Å². The van der Waals surface area contributed by atoms with Crippen LogP contribution in [0.3, 0.4) is 0 Å². The second-order valence-corrected chi connectivity index (χ2v) is 30.8. The molecule has 10 rings (SSSR count). The molecule has 8 aromatic carbocycles. The number of nitrogens with zero attached hydrogens (tertiary/aromatic N) is 2. The van der Waals surface area contributed by atoms with Crippen LogP contribution in [0.25, 0.3) is 77.2 Å². The van der Waals surface area contributed by atoms with Gasteiger partial charge in [0, 0.05) is 69.6 Å². The second-order valence-electron chi connectivity index (χ2n) is 29.7. The van der Waals surface area contributed by atoms with Gasteiger partial charge in [0.1, 0.15) is 44.2 Å². The van der Waals surface area contributed by atoms with Crippen LogP contribution in [0.5, 0.6) is 23.0 Å². The molecule has 0 aliphatic heterocycles. The third-order valence-corrected chi connectivity index (χ3v) is 17.6. The average molecular weight is 1370 g/mol. The van der Waals surface area contributed by atoms with Crippen molar-refractivity contribution < 1.29 is 54.3 Å². The van der Waals surface area contributed by atoms with Crippen LogP contribution in [0.15, 0.2) is 133 Å². The van der Waals surface area contributed by atoms with E-state index in [1.165, 1.54) is 35.4 Å². The monoisotopic (exact) mass is 1370 g/mol. The van der Waals surface area contributed by atoms with Gasteiger partial charge in [-0.05, 0) is 165 Å². The van der Waals surface area contributed by atoms with Crippen LogP contribution in [0.1, 0.15) is 157 Å². The molecule has 0 fully saturated rings. The first-order valence-electron chi connectivity index (χ1n) is 30.0. The molecule has 0 amide bonds. The first-order chi connectivity index (χ1) is 39.6. The Balaban J connectivity index is 0.00000368. The molecule has 462 valence electrons. The minimum Gasteiger partial charge on any atom is -0.505 e. The number of benzene rings is 8. The summed E-state index contributed by atoms with van der Waals surface area (Å²) in [6.07, 6.45) is 2.09. The van der Waals surface area contributed by atoms with Crippen LogP contribution in [0.4, 0.5) is 8.78 Å². The van der Waals surface area contributed by atoms with Crippen LogP contribution in [0.2, 0.25) is 0 Å². The summed E-state index contributed by atoms with van der Waals surface area (Å²) in [6.45, 7) is 39.4. The molecule has 10 aromatic rings. The summed E-state index contributed by atoms with van der Waals surface area (Å²) in [4.78, 5) is 0. The number of aryl methyl sites for hydroxylation is 2. The van der Waals surface area contributed by atoms with Crippen molar-refractivity contribution in [2.75, 3.05) is 12.5 Å². The molecule has 2 radical (unpaired) electrons. The summed E-state index contributed by atoms with van der Waals surface area (Å²) in [7, 11) is 0.0741. The van der Waals surface area contributed by atoms with E-state index in [9.17, 15) is 10.2 Å². The number of rotatable bonds is 14. The number of fused-ring (bicyclic) bond motifs is 6. The molecule has 6 nitrogen and oxygen atoms in total. The van der Waals surface area contributed by atoms with Crippen molar-refractivity contribution >= 4 is 53.1 Å². The normalized spacial score (nSPS) is 12.6. The van der Waals surface area contributed by atoms with Gasteiger partial charge >= 0.3 is 0 Å². The fourth-order valence-corrected chi connectivity index (χ4v) is 14.1. The maximum Gasteiger partial charge on any atom is 0.147 e. The van der Waals surface area contributed by atoms with E-state index in [0.717, 1.165) is 67.6 Å². The van der Waals surface area contributed by atoms with Crippen LogP contribution < -0.4 is 9.47 Å². The maximum absolute atomic E-state index is 16.2. The molecule has 2 aromatic heterocycles. The van der Waals surface area contributed by atoms with E-state index < -0.39 is 11.6 Å². The van der Waals surface area contributed by atoms with Gasteiger partial charge in [-0.3, -0.25) is 0 Å². The van der Waals surface area contributed by atoms with E-state index >= 15 is 8.78 Å². The quantitative estimate of drug-likeness (QED) is 0.0647. The van der Waals surface area contributed by atoms with E-state index in [-0.39, 0.29) is 107 Å². The summed E-state index contributed by atoms with van der Waals surface area (Å²) < 4.78 is 50.1. The van der Waals surface area contributed by atoms with E-state index in [1.807, 2.05) is 50.2 Å². The Morgan fingerprint density at radius 3 is 1.10 bits per heavy atom. The number of hydrogen-bond donors (Lipinski definition) is 2. The van der Waals surface area contributed by atoms with Crippen molar-refractivity contribution in [1.29, 1.82) is 0 Å². The zero-order valence-electron chi connectivity index (χ0n) is 55.9. The largest absolute Gasteiger partial charge is 0.505 e. The molecule has 0 aliphatic carbocycles. The van der Waals surface area contributed by atoms with Gasteiger partial charge in [-0.25, -0.2) is 8.78 Å². The van der Waals surface area contributed by atoms with Gasteiger partial charge in [0.15, 0.2) is 0 Å². The summed E-state index contributed by atoms with van der Waals surface area (Å²) in [5, 5.41) is 30.2. The van der Waals surface area contributed by atoms with E-state index in [1.54, 1.807) is 0 Å². The fourth-order valence-electron chi connectivity index (χ4n) is 13.6. The van der Waals surface area contributed by atoms with Gasteiger partial charge in [0.25, 0.3) is 0 Å². The number of phenols is 2. The molecule has 10 heteroatoms. The number of para-hydroxylation sites is 2. The third kappa shape index (κ3) is 13.6. The molecule has 2 heterocycles. The molecule has 0 spiro atoms. The number of aromatic nitrogens is 2. The van der Waals surface area contributed by atoms with Crippen LogP contribution in [0, 0.1) is 51.2 Å². The first kappa shape index (κ1) is 69.0. The Morgan fingerprint density at radius 1 is 0.409 bits per heavy atom. The smallest absolute Gasteiger partial charge is 0.147 e. The summed E-state index contributed by atoms with van der Waals surface area (Å²) in [6, 6.07) is 44.0. The molecule has 0 saturated heterocycles. The molecule has 0 bridgehead atoms. The Bertz CT molecular complexity index is 4110. The maximum atomic E-state index is 16.2. The van der Waals surface area contributed by atoms with Crippen molar-refractivity contribution in [2.45, 2.75) is 159 Å². The zero-order chi connectivity index (χ0) is 61.7. The molecule has 2 N–H and O–H groups in total. The predicted molar refractivity (Wildman–Crippen MR) is 366 cm³/mol. The SMILES string of the molecule is Cc1cc(F)cc(-c2cc(C(C)(C)CC(C)(C)C)cc(-n3c4ccccc4c4ccccc43)c2O)c1OC[Si]COc1c(C)cc(F)cc1-c1cc(C(C)(C)CC(C)(C)C)cc(-n2c3cc(C(C)(C)C)ccc3c3ccc(C(C)(C)C)cc32)c1O.[CH3-].[CH3-].[Hf]. The van der Waals surface area contributed by atoms with Gasteiger partial charge in [-0.2, -0.15) is 0 Å². The van der Waals surface area contributed by atoms with Crippen molar-refractivity contribution in [3.8, 4) is 56.6 Å². The van der Waals surface area contributed by atoms with Gasteiger partial charge in [0.05, 0.1) is 45.9 Å². The van der Waals surface area contributed by atoms with Crippen LogP contribution in [-0.4, -0.2) is 41.3 Å². The van der Waals surface area contributed by atoms with Gasteiger partial charge in [-0.1, -0.05) is 171 Å². The number of halogens is 2. The predicted octanol–water partition coefficient (Wildman–Crippen LogP) is 21.5. The zero-order valence-corrected chi connectivity index (χ0v) is 60.5. The van der Waals surface area contributed by atoms with E-state index in [0.29, 0.717) is 56.3 Å². The van der Waals surface area contributed by atoms with Crippen LogP contribution >= 0.6 is 0 Å². The standard InChI is InChI=1S/C76H86F2N2O4Si.2CH3.Hf/c1-45-31-51(77)39-59(57-33-49(75(15,16)41-71(3,4)5)37-65(67(57)81)79-61-25-21-19-23-53(61)54-24-20-22-26-62(54)79)69(45)83-43-85-44-84-70-46(2)32-52(78)40-60(70)58-34-50(76(17,18)42-72(6,7)8)38-66(68(58)82)80-63-35-47(73(9,10)11)27-29-55(63)56-30-28-48(36-64(56)80)74(12,13)14;;;/h19-40,81-82H,41-44H2,1-18H3;2*1H3;/q;2*-1;. The Morgan fingerprint density at radius 2 is 0.750 bits per heavy atom. The number of aromatic hydroxyl groups is 2. The van der Waals surface area contributed by atoms with Crippen molar-refractivity contribution in [3.05, 3.63) is 193 Å². The average Bonchev–Trinajstić information content (AvgIpc) is 1.54. The summed E-state index contributed by atoms with van der Waals surface area (Å²) in [5.74, 6) is 0.0737. The fraction of sp³-hybridized carbons (Fsp3) is 0.359. The molecule has 0 aliphatic rings. The minimum absolute atomic E-state index is 0. The number of hydrogen-bond acceptors (Lipinski definition) is 4. The van der Waals surface area contributed by atoms with E-state index in [2.05, 4.69) is 193 Å². The Labute approximate surface area is 545 Å². The van der Waals surface area contributed by atoms with Crippen LogP contribution in [-0.2, 0) is 47.5 Å². The summed E-state index contributed by atoms with van der Waals surface area (Å²) in [5.41, 5.74) is 11.3. The van der Waals surface area contributed by atoms with Gasteiger partial charge < -0.3 is 43.7 Å². The second kappa shape index (κ2) is 25.1. The number of ether oxygens (including phenoxy) is 2. The van der Waals surface area contributed by atoms with Gasteiger partial charge in [-0.15, -0.1) is 0 Å². The van der Waals surface area contributed by atoms with Gasteiger partial charge in [0.2, 0.25) is 0 Å². The molecule has 0 unspecified atom stereocenters. The van der Waals surface area contributed by atoms with Crippen molar-refractivity contribution in [3.63, 3.8) is 0 Å². The minimum atomic E-state index is -0.443. The molecule has 0 saturated carbocycles. The molecule has 0 atom stereocenters. The summed E-state index contributed by atoms with van der Waals surface area (Å²) >= 11 is 0. The van der Waals surface area contributed by atoms with Crippen molar-refractivity contribution in [2.24, 2.45) is 10.8 Å². The third-order valence-electron chi connectivity index (χ3n) is 16.9. The first-order valence-corrected chi connectivity index (χ1v) is 31.4.